The Morgan fingerprint density at radius 1 is 0.969 bits per heavy atom. The molecule has 0 atom stereocenters. The SMILES string of the molecule is O=C(Cn1cc(S(=O)(=O)Cc2ccccc2F)c2ccccc21)Nc1ccc(Cl)c(Cl)c1. The van der Waals surface area contributed by atoms with Crippen molar-refractivity contribution in [3.05, 3.63) is 94.4 Å². The van der Waals surface area contributed by atoms with Crippen LogP contribution in [-0.4, -0.2) is 18.9 Å². The van der Waals surface area contributed by atoms with Gasteiger partial charge < -0.3 is 9.88 Å². The van der Waals surface area contributed by atoms with Crippen LogP contribution in [0.3, 0.4) is 0 Å². The van der Waals surface area contributed by atoms with Crippen LogP contribution in [0, 0.1) is 5.82 Å². The summed E-state index contributed by atoms with van der Waals surface area (Å²) in [5.74, 6) is -1.44. The van der Waals surface area contributed by atoms with Gasteiger partial charge in [0.05, 0.1) is 20.7 Å². The van der Waals surface area contributed by atoms with Crippen LogP contribution in [0.2, 0.25) is 10.0 Å². The smallest absolute Gasteiger partial charge is 0.244 e. The Hall–Kier alpha value is -2.87. The van der Waals surface area contributed by atoms with Crippen LogP contribution in [0.15, 0.2) is 77.8 Å². The van der Waals surface area contributed by atoms with Crippen molar-refractivity contribution in [1.29, 1.82) is 0 Å². The van der Waals surface area contributed by atoms with Crippen molar-refractivity contribution in [3.8, 4) is 0 Å². The molecule has 0 radical (unpaired) electrons. The lowest BCUT2D eigenvalue weighted by Crippen LogP contribution is -2.18. The number of sulfone groups is 1. The van der Waals surface area contributed by atoms with E-state index in [1.54, 1.807) is 47.0 Å². The number of halogens is 3. The number of para-hydroxylation sites is 1. The fourth-order valence-electron chi connectivity index (χ4n) is 3.42. The van der Waals surface area contributed by atoms with Gasteiger partial charge >= 0.3 is 0 Å². The summed E-state index contributed by atoms with van der Waals surface area (Å²) < 4.78 is 41.8. The zero-order chi connectivity index (χ0) is 22.9. The van der Waals surface area contributed by atoms with E-state index in [1.165, 1.54) is 30.5 Å². The van der Waals surface area contributed by atoms with E-state index in [9.17, 15) is 17.6 Å². The summed E-state index contributed by atoms with van der Waals surface area (Å²) in [6.07, 6.45) is 1.41. The number of hydrogen-bond acceptors (Lipinski definition) is 3. The second-order valence-corrected chi connectivity index (χ2v) is 9.94. The van der Waals surface area contributed by atoms with Gasteiger partial charge in [0.1, 0.15) is 12.4 Å². The largest absolute Gasteiger partial charge is 0.337 e. The fourth-order valence-corrected chi connectivity index (χ4v) is 5.31. The van der Waals surface area contributed by atoms with Crippen LogP contribution < -0.4 is 5.32 Å². The number of rotatable bonds is 6. The molecule has 3 aromatic carbocycles. The summed E-state index contributed by atoms with van der Waals surface area (Å²) in [6.45, 7) is -0.129. The molecule has 1 aromatic heterocycles. The Kier molecular flexibility index (Phi) is 6.24. The maximum atomic E-state index is 14.0. The molecular weight excluding hydrogens is 474 g/mol. The van der Waals surface area contributed by atoms with Gasteiger partial charge in [-0.15, -0.1) is 0 Å². The molecule has 1 N–H and O–H groups in total. The lowest BCUT2D eigenvalue weighted by atomic mass is 10.2. The highest BCUT2D eigenvalue weighted by molar-refractivity contribution is 7.90. The van der Waals surface area contributed by atoms with E-state index in [2.05, 4.69) is 5.32 Å². The Morgan fingerprint density at radius 3 is 2.44 bits per heavy atom. The monoisotopic (exact) mass is 490 g/mol. The van der Waals surface area contributed by atoms with E-state index in [4.69, 9.17) is 23.2 Å². The summed E-state index contributed by atoms with van der Waals surface area (Å²) in [5, 5.41) is 3.85. The predicted molar refractivity (Wildman–Crippen MR) is 124 cm³/mol. The second-order valence-electron chi connectivity index (χ2n) is 7.17. The van der Waals surface area contributed by atoms with E-state index in [-0.39, 0.29) is 22.9 Å². The van der Waals surface area contributed by atoms with Gasteiger partial charge in [0.15, 0.2) is 9.84 Å². The molecule has 0 saturated heterocycles. The highest BCUT2D eigenvalue weighted by Gasteiger charge is 2.23. The average molecular weight is 491 g/mol. The van der Waals surface area contributed by atoms with Gasteiger partial charge in [-0.25, -0.2) is 12.8 Å². The standard InChI is InChI=1S/C23H17Cl2FN2O3S/c24-18-10-9-16(11-19(18)25)27-23(29)13-28-12-22(17-6-2-4-8-21(17)28)32(30,31)14-15-5-1-3-7-20(15)26/h1-12H,13-14H2,(H,27,29). The summed E-state index contributed by atoms with van der Waals surface area (Å²) in [5.41, 5.74) is 1.12. The first-order valence-corrected chi connectivity index (χ1v) is 11.9. The predicted octanol–water partition coefficient (Wildman–Crippen LogP) is 5.70. The van der Waals surface area contributed by atoms with E-state index in [1.807, 2.05) is 0 Å². The number of amides is 1. The molecule has 5 nitrogen and oxygen atoms in total. The number of anilines is 1. The van der Waals surface area contributed by atoms with Crippen molar-refractivity contribution < 1.29 is 17.6 Å². The molecule has 0 fully saturated rings. The molecule has 9 heteroatoms. The quantitative estimate of drug-likeness (QED) is 0.376. The summed E-state index contributed by atoms with van der Waals surface area (Å²) >= 11 is 11.9. The van der Waals surface area contributed by atoms with E-state index < -0.39 is 21.4 Å². The minimum Gasteiger partial charge on any atom is -0.337 e. The third kappa shape index (κ3) is 4.65. The molecule has 0 aliphatic heterocycles. The van der Waals surface area contributed by atoms with Crippen LogP contribution in [0.4, 0.5) is 10.1 Å². The third-order valence-corrected chi connectivity index (χ3v) is 7.33. The number of carbonyl (C=O) groups excluding carboxylic acids is 1. The average Bonchev–Trinajstić information content (AvgIpc) is 3.12. The highest BCUT2D eigenvalue weighted by Crippen LogP contribution is 2.29. The van der Waals surface area contributed by atoms with Gasteiger partial charge in [0.2, 0.25) is 5.91 Å². The zero-order valence-electron chi connectivity index (χ0n) is 16.6. The summed E-state index contributed by atoms with van der Waals surface area (Å²) in [6, 6.07) is 17.3. The summed E-state index contributed by atoms with van der Waals surface area (Å²) in [7, 11) is -3.87. The maximum absolute atomic E-state index is 14.0. The van der Waals surface area contributed by atoms with Gasteiger partial charge in [0.25, 0.3) is 0 Å². The lowest BCUT2D eigenvalue weighted by molar-refractivity contribution is -0.116. The molecule has 0 bridgehead atoms. The number of fused-ring (bicyclic) bond motifs is 1. The van der Waals surface area contributed by atoms with Gasteiger partial charge in [0, 0.05) is 28.4 Å². The summed E-state index contributed by atoms with van der Waals surface area (Å²) in [4.78, 5) is 12.6. The van der Waals surface area contributed by atoms with Crippen LogP contribution in [0.5, 0.6) is 0 Å². The van der Waals surface area contributed by atoms with Crippen LogP contribution in [-0.2, 0) is 26.9 Å². The van der Waals surface area contributed by atoms with E-state index in [0.29, 0.717) is 26.6 Å². The Labute approximate surface area is 194 Å². The number of carbonyl (C=O) groups is 1. The number of nitrogens with zero attached hydrogens (tertiary/aromatic N) is 1. The second kappa shape index (κ2) is 8.94. The van der Waals surface area contributed by atoms with Gasteiger partial charge in [-0.1, -0.05) is 59.6 Å². The molecule has 0 aliphatic rings. The van der Waals surface area contributed by atoms with Crippen LogP contribution in [0.25, 0.3) is 10.9 Å². The molecule has 1 heterocycles. The number of hydrogen-bond donors (Lipinski definition) is 1. The van der Waals surface area contributed by atoms with Gasteiger partial charge in [-0.05, 0) is 30.3 Å². The Balaban J connectivity index is 1.64. The van der Waals surface area contributed by atoms with Crippen molar-refractivity contribution in [2.24, 2.45) is 0 Å². The Morgan fingerprint density at radius 2 is 1.69 bits per heavy atom. The molecule has 0 aliphatic carbocycles. The Bertz CT molecular complexity index is 1430. The molecule has 4 aromatic rings. The molecule has 1 amide bonds. The minimum absolute atomic E-state index is 0.0405. The van der Waals surface area contributed by atoms with E-state index in [0.717, 1.165) is 0 Å². The fraction of sp³-hybridized carbons (Fsp3) is 0.0870. The first-order chi connectivity index (χ1) is 15.2. The lowest BCUT2D eigenvalue weighted by Gasteiger charge is -2.08. The van der Waals surface area contributed by atoms with Crippen molar-refractivity contribution in [3.63, 3.8) is 0 Å². The van der Waals surface area contributed by atoms with E-state index >= 15 is 0 Å². The van der Waals surface area contributed by atoms with Crippen molar-refractivity contribution >= 4 is 55.5 Å². The first-order valence-electron chi connectivity index (χ1n) is 9.53. The van der Waals surface area contributed by atoms with Gasteiger partial charge in [-0.2, -0.15) is 0 Å². The molecule has 4 rings (SSSR count). The zero-order valence-corrected chi connectivity index (χ0v) is 18.9. The molecule has 0 saturated carbocycles. The van der Waals surface area contributed by atoms with Crippen molar-refractivity contribution in [2.75, 3.05) is 5.32 Å². The molecule has 0 spiro atoms. The van der Waals surface area contributed by atoms with Crippen molar-refractivity contribution in [1.82, 2.24) is 4.57 Å². The van der Waals surface area contributed by atoms with Gasteiger partial charge in [-0.3, -0.25) is 4.79 Å². The normalized spacial score (nSPS) is 11.6. The number of aromatic nitrogens is 1. The molecular formula is C23H17Cl2FN2O3S. The molecule has 164 valence electrons. The maximum Gasteiger partial charge on any atom is 0.244 e. The number of nitrogens with one attached hydrogen (secondary N) is 1. The first kappa shape index (κ1) is 22.3. The van der Waals surface area contributed by atoms with Crippen LogP contribution in [0.1, 0.15) is 5.56 Å². The third-order valence-electron chi connectivity index (χ3n) is 4.91. The highest BCUT2D eigenvalue weighted by atomic mass is 35.5. The molecule has 32 heavy (non-hydrogen) atoms. The number of benzene rings is 3. The minimum atomic E-state index is -3.87. The topological polar surface area (TPSA) is 68.2 Å². The van der Waals surface area contributed by atoms with Crippen molar-refractivity contribution in [2.45, 2.75) is 17.2 Å². The van der Waals surface area contributed by atoms with Crippen LogP contribution >= 0.6 is 23.2 Å². The molecule has 0 unspecified atom stereocenters.